The van der Waals surface area contributed by atoms with Crippen LogP contribution in [0.3, 0.4) is 0 Å². The molecule has 1 aromatic heterocycles. The Bertz CT molecular complexity index is 678. The molecule has 2 aromatic rings. The third-order valence-electron chi connectivity index (χ3n) is 2.91. The summed E-state index contributed by atoms with van der Waals surface area (Å²) in [5.74, 6) is -1.24. The summed E-state index contributed by atoms with van der Waals surface area (Å²) in [7, 11) is 0. The van der Waals surface area contributed by atoms with Crippen molar-refractivity contribution in [2.45, 2.75) is 0 Å². The van der Waals surface area contributed by atoms with Crippen LogP contribution in [0.15, 0.2) is 61.3 Å². The largest absolute Gasteiger partial charge is 0.358 e. The van der Waals surface area contributed by atoms with Crippen LogP contribution in [0.1, 0.15) is 5.56 Å². The summed E-state index contributed by atoms with van der Waals surface area (Å²) >= 11 is 0. The molecule has 2 heterocycles. The minimum absolute atomic E-state index is 0.0941. The van der Waals surface area contributed by atoms with Gasteiger partial charge in [-0.1, -0.05) is 6.07 Å². The average molecular weight is 286 g/mol. The Kier molecular flexibility index (Phi) is 3.51. The Labute approximate surface area is 120 Å². The topological polar surface area (TPSA) is 40.2 Å². The van der Waals surface area contributed by atoms with E-state index < -0.39 is 11.6 Å². The standard InChI is InChI=1S/C15H12F2N4/c16-12-2-1-3-13(17)15(12)14-10-21(9-8-19-14)20-11-4-6-18-7-5-11/h1-10,19H,(H,18,20). The van der Waals surface area contributed by atoms with E-state index in [-0.39, 0.29) is 5.56 Å². The third-order valence-corrected chi connectivity index (χ3v) is 2.91. The molecule has 0 saturated heterocycles. The molecule has 1 aliphatic heterocycles. The van der Waals surface area contributed by atoms with Gasteiger partial charge in [-0.3, -0.25) is 15.4 Å². The summed E-state index contributed by atoms with van der Waals surface area (Å²) in [5, 5.41) is 4.44. The van der Waals surface area contributed by atoms with Crippen LogP contribution in [0, 0.1) is 11.6 Å². The summed E-state index contributed by atoms with van der Waals surface area (Å²) in [6, 6.07) is 7.35. The highest BCUT2D eigenvalue weighted by Crippen LogP contribution is 2.22. The van der Waals surface area contributed by atoms with Crippen LogP contribution in [0.5, 0.6) is 0 Å². The number of benzene rings is 1. The van der Waals surface area contributed by atoms with E-state index in [0.717, 1.165) is 5.69 Å². The van der Waals surface area contributed by atoms with Crippen LogP contribution >= 0.6 is 0 Å². The van der Waals surface area contributed by atoms with Gasteiger partial charge in [0, 0.05) is 24.8 Å². The molecule has 2 N–H and O–H groups in total. The number of hydrogen-bond donors (Lipinski definition) is 2. The van der Waals surface area contributed by atoms with E-state index in [1.54, 1.807) is 48.1 Å². The van der Waals surface area contributed by atoms with Crippen molar-refractivity contribution >= 4 is 11.4 Å². The van der Waals surface area contributed by atoms with Crippen LogP contribution in [-0.4, -0.2) is 9.99 Å². The number of hydrogen-bond acceptors (Lipinski definition) is 4. The molecule has 0 fully saturated rings. The lowest BCUT2D eigenvalue weighted by molar-refractivity contribution is 0.566. The predicted octanol–water partition coefficient (Wildman–Crippen LogP) is 3.06. The Hall–Kier alpha value is -2.89. The quantitative estimate of drug-likeness (QED) is 0.909. The van der Waals surface area contributed by atoms with Gasteiger partial charge in [0.1, 0.15) is 11.6 Å². The zero-order valence-corrected chi connectivity index (χ0v) is 10.9. The third kappa shape index (κ3) is 2.84. The molecular formula is C15H12F2N4. The Morgan fingerprint density at radius 1 is 1.05 bits per heavy atom. The lowest BCUT2D eigenvalue weighted by Crippen LogP contribution is -2.25. The van der Waals surface area contributed by atoms with Gasteiger partial charge in [0.25, 0.3) is 0 Å². The van der Waals surface area contributed by atoms with Crippen molar-refractivity contribution in [2.75, 3.05) is 5.43 Å². The maximum absolute atomic E-state index is 13.8. The maximum Gasteiger partial charge on any atom is 0.135 e. The first-order valence-corrected chi connectivity index (χ1v) is 6.28. The number of nitrogens with zero attached hydrogens (tertiary/aromatic N) is 2. The van der Waals surface area contributed by atoms with E-state index in [0.29, 0.717) is 5.70 Å². The van der Waals surface area contributed by atoms with Gasteiger partial charge >= 0.3 is 0 Å². The molecule has 0 aliphatic carbocycles. The fourth-order valence-corrected chi connectivity index (χ4v) is 1.96. The average Bonchev–Trinajstić information content (AvgIpc) is 2.48. The van der Waals surface area contributed by atoms with E-state index in [2.05, 4.69) is 15.7 Å². The maximum atomic E-state index is 13.8. The normalized spacial score (nSPS) is 13.6. The molecule has 106 valence electrons. The van der Waals surface area contributed by atoms with Crippen LogP contribution in [0.2, 0.25) is 0 Å². The molecule has 1 aliphatic rings. The zero-order valence-electron chi connectivity index (χ0n) is 10.9. The fourth-order valence-electron chi connectivity index (χ4n) is 1.96. The highest BCUT2D eigenvalue weighted by Gasteiger charge is 2.15. The molecule has 0 atom stereocenters. The first kappa shape index (κ1) is 13.1. The first-order chi connectivity index (χ1) is 10.2. The molecule has 0 bridgehead atoms. The lowest BCUT2D eigenvalue weighted by Gasteiger charge is -2.24. The second kappa shape index (κ2) is 5.62. The summed E-state index contributed by atoms with van der Waals surface area (Å²) < 4.78 is 27.6. The highest BCUT2D eigenvalue weighted by atomic mass is 19.1. The number of anilines is 1. The number of aromatic nitrogens is 1. The van der Waals surface area contributed by atoms with Crippen molar-refractivity contribution in [3.05, 3.63) is 78.5 Å². The second-order valence-corrected chi connectivity index (χ2v) is 4.35. The molecule has 6 heteroatoms. The van der Waals surface area contributed by atoms with Crippen molar-refractivity contribution in [1.29, 1.82) is 0 Å². The van der Waals surface area contributed by atoms with E-state index in [9.17, 15) is 8.78 Å². The van der Waals surface area contributed by atoms with Gasteiger partial charge in [-0.25, -0.2) is 8.78 Å². The minimum atomic E-state index is -0.618. The molecule has 3 rings (SSSR count). The van der Waals surface area contributed by atoms with E-state index in [4.69, 9.17) is 0 Å². The fraction of sp³-hybridized carbons (Fsp3) is 0. The molecule has 0 spiro atoms. The number of nitrogens with one attached hydrogen (secondary N) is 2. The molecule has 1 aromatic carbocycles. The summed E-state index contributed by atoms with van der Waals surface area (Å²) in [5.41, 5.74) is 4.11. The van der Waals surface area contributed by atoms with Gasteiger partial charge in [-0.05, 0) is 24.3 Å². The summed E-state index contributed by atoms with van der Waals surface area (Å²) in [6.45, 7) is 0. The van der Waals surface area contributed by atoms with Gasteiger partial charge in [0.2, 0.25) is 0 Å². The number of hydrazine groups is 1. The van der Waals surface area contributed by atoms with E-state index in [1.807, 2.05) is 0 Å². The van der Waals surface area contributed by atoms with Gasteiger partial charge < -0.3 is 5.32 Å². The molecule has 0 saturated carbocycles. The monoisotopic (exact) mass is 286 g/mol. The molecule has 0 unspecified atom stereocenters. The van der Waals surface area contributed by atoms with Gasteiger partial charge in [0.05, 0.1) is 23.1 Å². The number of rotatable bonds is 3. The van der Waals surface area contributed by atoms with Crippen molar-refractivity contribution in [2.24, 2.45) is 0 Å². The van der Waals surface area contributed by atoms with Crippen molar-refractivity contribution in [3.63, 3.8) is 0 Å². The van der Waals surface area contributed by atoms with Gasteiger partial charge in [-0.2, -0.15) is 0 Å². The second-order valence-electron chi connectivity index (χ2n) is 4.35. The smallest absolute Gasteiger partial charge is 0.135 e. The van der Waals surface area contributed by atoms with Crippen molar-refractivity contribution in [3.8, 4) is 0 Å². The minimum Gasteiger partial charge on any atom is -0.358 e. The molecule has 0 amide bonds. The van der Waals surface area contributed by atoms with Gasteiger partial charge in [-0.15, -0.1) is 0 Å². The highest BCUT2D eigenvalue weighted by molar-refractivity contribution is 5.66. The Balaban J connectivity index is 1.87. The first-order valence-electron chi connectivity index (χ1n) is 6.28. The van der Waals surface area contributed by atoms with Crippen LogP contribution in [-0.2, 0) is 0 Å². The number of pyridine rings is 1. The summed E-state index contributed by atoms with van der Waals surface area (Å²) in [6.07, 6.45) is 8.16. The number of halogens is 2. The van der Waals surface area contributed by atoms with Gasteiger partial charge in [0.15, 0.2) is 0 Å². The predicted molar refractivity (Wildman–Crippen MR) is 76.3 cm³/mol. The SMILES string of the molecule is Fc1cccc(F)c1C1=CN(Nc2ccncc2)C=CN1. The molecule has 21 heavy (non-hydrogen) atoms. The van der Waals surface area contributed by atoms with Crippen LogP contribution < -0.4 is 10.7 Å². The van der Waals surface area contributed by atoms with Crippen LogP contribution in [0.4, 0.5) is 14.5 Å². The van der Waals surface area contributed by atoms with Crippen molar-refractivity contribution in [1.82, 2.24) is 15.3 Å². The molecule has 0 radical (unpaired) electrons. The summed E-state index contributed by atoms with van der Waals surface area (Å²) in [4.78, 5) is 3.92. The zero-order chi connectivity index (χ0) is 14.7. The van der Waals surface area contributed by atoms with E-state index in [1.165, 1.54) is 18.2 Å². The lowest BCUT2D eigenvalue weighted by atomic mass is 10.1. The van der Waals surface area contributed by atoms with Crippen LogP contribution in [0.25, 0.3) is 5.70 Å². The van der Waals surface area contributed by atoms with Crippen molar-refractivity contribution < 1.29 is 8.78 Å². The molecular weight excluding hydrogens is 274 g/mol. The Morgan fingerprint density at radius 2 is 1.76 bits per heavy atom. The Morgan fingerprint density at radius 3 is 2.48 bits per heavy atom. The molecule has 4 nitrogen and oxygen atoms in total. The van der Waals surface area contributed by atoms with E-state index >= 15 is 0 Å².